The Balaban J connectivity index is 3.68. The smallest absolute Gasteiger partial charge is 0.321 e. The molecule has 5 heteroatoms. The summed E-state index contributed by atoms with van der Waals surface area (Å²) in [5, 5.41) is 10.5. The van der Waals surface area contributed by atoms with Crippen molar-refractivity contribution in [2.75, 3.05) is 7.05 Å². The van der Waals surface area contributed by atoms with Gasteiger partial charge in [0.2, 0.25) is 5.91 Å². The Hall–Kier alpha value is -1.10. The summed E-state index contributed by atoms with van der Waals surface area (Å²) in [6, 6.07) is -1.10. The summed E-state index contributed by atoms with van der Waals surface area (Å²) in [5.41, 5.74) is 5.03. The second-order valence-electron chi connectivity index (χ2n) is 1.82. The van der Waals surface area contributed by atoms with Crippen LogP contribution in [-0.4, -0.2) is 30.1 Å². The summed E-state index contributed by atoms with van der Waals surface area (Å²) in [6.45, 7) is 0. The lowest BCUT2D eigenvalue weighted by Crippen LogP contribution is -2.35. The molecule has 0 aromatic carbocycles. The van der Waals surface area contributed by atoms with E-state index in [0.29, 0.717) is 0 Å². The molecule has 1 atom stereocenters. The van der Waals surface area contributed by atoms with Crippen LogP contribution in [0.15, 0.2) is 0 Å². The van der Waals surface area contributed by atoms with Crippen LogP contribution in [0.3, 0.4) is 0 Å². The molecule has 0 aromatic heterocycles. The first-order valence-corrected chi connectivity index (χ1v) is 2.77. The Bertz CT molecular complexity index is 146. The third-order valence-electron chi connectivity index (χ3n) is 1.00. The molecule has 0 heterocycles. The van der Waals surface area contributed by atoms with Crippen molar-refractivity contribution in [1.29, 1.82) is 0 Å². The van der Waals surface area contributed by atoms with Gasteiger partial charge in [0.15, 0.2) is 0 Å². The highest BCUT2D eigenvalue weighted by atomic mass is 16.4. The molecule has 0 aliphatic rings. The minimum Gasteiger partial charge on any atom is -0.480 e. The Morgan fingerprint density at radius 1 is 1.70 bits per heavy atom. The predicted molar refractivity (Wildman–Crippen MR) is 34.3 cm³/mol. The molecule has 0 saturated carbocycles. The fourth-order valence-electron chi connectivity index (χ4n) is 0.389. The van der Waals surface area contributed by atoms with Crippen LogP contribution in [-0.2, 0) is 9.59 Å². The third-order valence-corrected chi connectivity index (χ3v) is 1.00. The number of carbonyl (C=O) groups is 2. The third kappa shape index (κ3) is 3.03. The molecule has 5 nitrogen and oxygen atoms in total. The van der Waals surface area contributed by atoms with E-state index < -0.39 is 12.0 Å². The van der Waals surface area contributed by atoms with Crippen molar-refractivity contribution in [3.05, 3.63) is 0 Å². The van der Waals surface area contributed by atoms with Crippen LogP contribution in [0.5, 0.6) is 0 Å². The zero-order valence-electron chi connectivity index (χ0n) is 5.63. The number of nitrogens with one attached hydrogen (secondary N) is 1. The highest BCUT2D eigenvalue weighted by Gasteiger charge is 2.14. The molecule has 0 unspecified atom stereocenters. The fraction of sp³-hybridized carbons (Fsp3) is 0.600. The van der Waals surface area contributed by atoms with Gasteiger partial charge in [0, 0.05) is 7.05 Å². The van der Waals surface area contributed by atoms with Gasteiger partial charge in [0.05, 0.1) is 6.42 Å². The number of rotatable bonds is 3. The quantitative estimate of drug-likeness (QED) is 0.453. The average Bonchev–Trinajstić information content (AvgIpc) is 1.87. The molecule has 0 radical (unpaired) electrons. The van der Waals surface area contributed by atoms with Crippen molar-refractivity contribution in [3.63, 3.8) is 0 Å². The molecule has 0 aliphatic heterocycles. The maximum Gasteiger partial charge on any atom is 0.321 e. The van der Waals surface area contributed by atoms with Gasteiger partial charge < -0.3 is 16.2 Å². The van der Waals surface area contributed by atoms with Gasteiger partial charge in [-0.05, 0) is 0 Å². The predicted octanol–water partition coefficient (Wildman–Crippen LogP) is -1.47. The second-order valence-corrected chi connectivity index (χ2v) is 1.82. The lowest BCUT2D eigenvalue weighted by atomic mass is 10.2. The van der Waals surface area contributed by atoms with E-state index in [1.54, 1.807) is 0 Å². The SMILES string of the molecule is CNC(=O)C[C@H](N)C(=O)O. The minimum absolute atomic E-state index is 0.175. The summed E-state index contributed by atoms with van der Waals surface area (Å²) in [7, 11) is 1.43. The molecule has 0 aliphatic carbocycles. The summed E-state index contributed by atoms with van der Waals surface area (Å²) >= 11 is 0. The summed E-state index contributed by atoms with van der Waals surface area (Å²) in [4.78, 5) is 20.5. The fourth-order valence-corrected chi connectivity index (χ4v) is 0.389. The molecule has 0 fully saturated rings. The van der Waals surface area contributed by atoms with Crippen molar-refractivity contribution in [1.82, 2.24) is 5.32 Å². The van der Waals surface area contributed by atoms with Crippen molar-refractivity contribution in [2.24, 2.45) is 5.73 Å². The van der Waals surface area contributed by atoms with Gasteiger partial charge in [-0.25, -0.2) is 0 Å². The first-order chi connectivity index (χ1) is 4.57. The largest absolute Gasteiger partial charge is 0.480 e. The van der Waals surface area contributed by atoms with Crippen LogP contribution in [0.1, 0.15) is 6.42 Å². The molecule has 0 rings (SSSR count). The average molecular weight is 146 g/mol. The van der Waals surface area contributed by atoms with Gasteiger partial charge in [0.1, 0.15) is 6.04 Å². The molecule has 10 heavy (non-hydrogen) atoms. The molecule has 0 bridgehead atoms. The normalized spacial score (nSPS) is 12.2. The van der Waals surface area contributed by atoms with Gasteiger partial charge >= 0.3 is 5.97 Å². The Morgan fingerprint density at radius 3 is 2.50 bits per heavy atom. The zero-order valence-corrected chi connectivity index (χ0v) is 5.63. The van der Waals surface area contributed by atoms with Crippen molar-refractivity contribution >= 4 is 11.9 Å². The van der Waals surface area contributed by atoms with Gasteiger partial charge in [-0.1, -0.05) is 0 Å². The number of hydrogen-bond donors (Lipinski definition) is 3. The van der Waals surface area contributed by atoms with E-state index in [-0.39, 0.29) is 12.3 Å². The van der Waals surface area contributed by atoms with E-state index >= 15 is 0 Å². The lowest BCUT2D eigenvalue weighted by Gasteiger charge is -2.03. The van der Waals surface area contributed by atoms with E-state index in [1.807, 2.05) is 0 Å². The number of aliphatic carboxylic acids is 1. The van der Waals surface area contributed by atoms with Crippen LogP contribution >= 0.6 is 0 Å². The monoisotopic (exact) mass is 146 g/mol. The number of amides is 1. The van der Waals surface area contributed by atoms with Crippen molar-refractivity contribution in [3.8, 4) is 0 Å². The Kier molecular flexibility index (Phi) is 3.42. The number of carboxylic acid groups (broad SMARTS) is 1. The van der Waals surface area contributed by atoms with E-state index in [2.05, 4.69) is 5.32 Å². The maximum atomic E-state index is 10.5. The van der Waals surface area contributed by atoms with Crippen molar-refractivity contribution in [2.45, 2.75) is 12.5 Å². The Labute approximate surface area is 58.2 Å². The lowest BCUT2D eigenvalue weighted by molar-refractivity contribution is -0.140. The highest BCUT2D eigenvalue weighted by molar-refractivity contribution is 5.83. The molecule has 4 N–H and O–H groups in total. The Morgan fingerprint density at radius 2 is 2.20 bits per heavy atom. The van der Waals surface area contributed by atoms with Crippen LogP contribution in [0.2, 0.25) is 0 Å². The van der Waals surface area contributed by atoms with Crippen LogP contribution in [0.25, 0.3) is 0 Å². The molecular weight excluding hydrogens is 136 g/mol. The van der Waals surface area contributed by atoms with E-state index in [1.165, 1.54) is 7.05 Å². The molecule has 0 aromatic rings. The van der Waals surface area contributed by atoms with Crippen molar-refractivity contribution < 1.29 is 14.7 Å². The molecule has 1 amide bonds. The van der Waals surface area contributed by atoms with E-state index in [0.717, 1.165) is 0 Å². The van der Waals surface area contributed by atoms with E-state index in [9.17, 15) is 9.59 Å². The number of carbonyl (C=O) groups excluding carboxylic acids is 1. The van der Waals surface area contributed by atoms with Gasteiger partial charge in [-0.15, -0.1) is 0 Å². The summed E-state index contributed by atoms with van der Waals surface area (Å²) in [5.74, 6) is -1.53. The standard InChI is InChI=1S/C5H10N2O3/c1-7-4(8)2-3(6)5(9)10/h3H,2,6H2,1H3,(H,7,8)(H,9,10)/t3-/m0/s1. The first-order valence-electron chi connectivity index (χ1n) is 2.77. The molecule has 0 spiro atoms. The topological polar surface area (TPSA) is 92.4 Å². The van der Waals surface area contributed by atoms with Crippen LogP contribution in [0.4, 0.5) is 0 Å². The molecule has 58 valence electrons. The van der Waals surface area contributed by atoms with Crippen LogP contribution < -0.4 is 11.1 Å². The highest BCUT2D eigenvalue weighted by Crippen LogP contribution is 1.86. The first kappa shape index (κ1) is 8.90. The van der Waals surface area contributed by atoms with Gasteiger partial charge in [-0.2, -0.15) is 0 Å². The summed E-state index contributed by atoms with van der Waals surface area (Å²) < 4.78 is 0. The van der Waals surface area contributed by atoms with E-state index in [4.69, 9.17) is 10.8 Å². The number of hydrogen-bond acceptors (Lipinski definition) is 3. The van der Waals surface area contributed by atoms with Gasteiger partial charge in [0.25, 0.3) is 0 Å². The number of nitrogens with two attached hydrogens (primary N) is 1. The summed E-state index contributed by atoms with van der Waals surface area (Å²) in [6.07, 6.45) is -0.175. The molecule has 0 saturated heterocycles. The van der Waals surface area contributed by atoms with Crippen LogP contribution in [0, 0.1) is 0 Å². The maximum absolute atomic E-state index is 10.5. The minimum atomic E-state index is -1.16. The number of carboxylic acids is 1. The zero-order chi connectivity index (χ0) is 8.15. The van der Waals surface area contributed by atoms with Gasteiger partial charge in [-0.3, -0.25) is 9.59 Å². The molecular formula is C5H10N2O3. The second kappa shape index (κ2) is 3.84.